The van der Waals surface area contributed by atoms with E-state index in [4.69, 9.17) is 5.73 Å². The minimum absolute atomic E-state index is 0.200. The Labute approximate surface area is 72.9 Å². The van der Waals surface area contributed by atoms with E-state index in [-0.39, 0.29) is 5.91 Å². The Morgan fingerprint density at radius 3 is 2.17 bits per heavy atom. The van der Waals surface area contributed by atoms with Crippen LogP contribution >= 0.6 is 0 Å². The number of rotatable bonds is 1. The van der Waals surface area contributed by atoms with Crippen LogP contribution in [0.15, 0.2) is 0 Å². The standard InChI is InChI=1S/C9H16N2O/c10-9(4-1-2-5-9)8(12)11-6-3-7-11/h1-7,10H2. The van der Waals surface area contributed by atoms with Gasteiger partial charge in [-0.05, 0) is 19.3 Å². The number of carbonyl (C=O) groups excluding carboxylic acids is 1. The lowest BCUT2D eigenvalue weighted by molar-refractivity contribution is -0.140. The van der Waals surface area contributed by atoms with Crippen molar-refractivity contribution in [3.05, 3.63) is 0 Å². The molecule has 0 aromatic carbocycles. The topological polar surface area (TPSA) is 46.3 Å². The van der Waals surface area contributed by atoms with Crippen molar-refractivity contribution in [3.8, 4) is 0 Å². The van der Waals surface area contributed by atoms with Gasteiger partial charge in [0.25, 0.3) is 0 Å². The van der Waals surface area contributed by atoms with Gasteiger partial charge in [-0.1, -0.05) is 12.8 Å². The van der Waals surface area contributed by atoms with Crippen molar-refractivity contribution in [2.75, 3.05) is 13.1 Å². The van der Waals surface area contributed by atoms with E-state index in [2.05, 4.69) is 0 Å². The summed E-state index contributed by atoms with van der Waals surface area (Å²) in [4.78, 5) is 13.6. The van der Waals surface area contributed by atoms with Gasteiger partial charge in [0, 0.05) is 13.1 Å². The number of nitrogens with zero attached hydrogens (tertiary/aromatic N) is 1. The second-order valence-electron chi connectivity index (χ2n) is 4.01. The molecule has 2 aliphatic rings. The second kappa shape index (κ2) is 2.73. The number of carbonyl (C=O) groups is 1. The summed E-state index contributed by atoms with van der Waals surface area (Å²) in [5.74, 6) is 0.200. The van der Waals surface area contributed by atoms with Gasteiger partial charge in [0.2, 0.25) is 5.91 Å². The van der Waals surface area contributed by atoms with Crippen LogP contribution in [0.25, 0.3) is 0 Å². The molecule has 0 aromatic rings. The van der Waals surface area contributed by atoms with Gasteiger partial charge in [-0.2, -0.15) is 0 Å². The SMILES string of the molecule is NC1(C(=O)N2CCC2)CCCC1. The van der Waals surface area contributed by atoms with Gasteiger partial charge in [0.05, 0.1) is 5.54 Å². The molecule has 2 rings (SSSR count). The van der Waals surface area contributed by atoms with Crippen LogP contribution in [0.5, 0.6) is 0 Å². The number of nitrogens with two attached hydrogens (primary N) is 1. The van der Waals surface area contributed by atoms with Crippen LogP contribution in [0, 0.1) is 0 Å². The molecule has 68 valence electrons. The third-order valence-corrected chi connectivity index (χ3v) is 3.06. The third-order valence-electron chi connectivity index (χ3n) is 3.06. The molecule has 2 N–H and O–H groups in total. The Bertz CT molecular complexity index is 193. The molecule has 0 spiro atoms. The minimum atomic E-state index is -0.486. The lowest BCUT2D eigenvalue weighted by Gasteiger charge is -2.37. The fourth-order valence-electron chi connectivity index (χ4n) is 2.05. The Kier molecular flexibility index (Phi) is 1.83. The largest absolute Gasteiger partial charge is 0.341 e. The van der Waals surface area contributed by atoms with Gasteiger partial charge in [-0.15, -0.1) is 0 Å². The molecule has 1 heterocycles. The molecule has 1 aliphatic carbocycles. The summed E-state index contributed by atoms with van der Waals surface area (Å²) in [6, 6.07) is 0. The molecule has 12 heavy (non-hydrogen) atoms. The zero-order chi connectivity index (χ0) is 8.60. The van der Waals surface area contributed by atoms with E-state index in [1.54, 1.807) is 0 Å². The smallest absolute Gasteiger partial charge is 0.242 e. The first kappa shape index (κ1) is 8.05. The molecule has 3 nitrogen and oxygen atoms in total. The molecule has 2 fully saturated rings. The van der Waals surface area contributed by atoms with Gasteiger partial charge in [-0.25, -0.2) is 0 Å². The van der Waals surface area contributed by atoms with Crippen LogP contribution in [0.4, 0.5) is 0 Å². The Morgan fingerprint density at radius 2 is 1.75 bits per heavy atom. The number of hydrogen-bond acceptors (Lipinski definition) is 2. The van der Waals surface area contributed by atoms with Gasteiger partial charge in [0.15, 0.2) is 0 Å². The summed E-state index contributed by atoms with van der Waals surface area (Å²) >= 11 is 0. The molecule has 0 radical (unpaired) electrons. The molecule has 1 saturated carbocycles. The molecular weight excluding hydrogens is 152 g/mol. The summed E-state index contributed by atoms with van der Waals surface area (Å²) in [5.41, 5.74) is 5.54. The van der Waals surface area contributed by atoms with Crippen molar-refractivity contribution >= 4 is 5.91 Å². The van der Waals surface area contributed by atoms with E-state index in [1.807, 2.05) is 4.90 Å². The molecule has 0 aromatic heterocycles. The van der Waals surface area contributed by atoms with E-state index in [0.29, 0.717) is 0 Å². The van der Waals surface area contributed by atoms with Crippen LogP contribution in [0.3, 0.4) is 0 Å². The number of hydrogen-bond donors (Lipinski definition) is 1. The zero-order valence-corrected chi connectivity index (χ0v) is 7.38. The first-order valence-corrected chi connectivity index (χ1v) is 4.81. The summed E-state index contributed by atoms with van der Waals surface area (Å²) in [7, 11) is 0. The summed E-state index contributed by atoms with van der Waals surface area (Å²) < 4.78 is 0. The van der Waals surface area contributed by atoms with Crippen LogP contribution in [-0.2, 0) is 4.79 Å². The summed E-state index contributed by atoms with van der Waals surface area (Å²) in [5, 5.41) is 0. The molecule has 1 aliphatic heterocycles. The first-order chi connectivity index (χ1) is 5.72. The Morgan fingerprint density at radius 1 is 1.17 bits per heavy atom. The van der Waals surface area contributed by atoms with Gasteiger partial charge >= 0.3 is 0 Å². The van der Waals surface area contributed by atoms with Crippen LogP contribution in [-0.4, -0.2) is 29.4 Å². The van der Waals surface area contributed by atoms with Crippen molar-refractivity contribution in [2.24, 2.45) is 5.73 Å². The van der Waals surface area contributed by atoms with Crippen molar-refractivity contribution < 1.29 is 4.79 Å². The number of amides is 1. The normalized spacial score (nSPS) is 26.9. The lowest BCUT2D eigenvalue weighted by atomic mass is 9.95. The quantitative estimate of drug-likeness (QED) is 0.619. The summed E-state index contributed by atoms with van der Waals surface area (Å²) in [6.45, 7) is 1.86. The highest BCUT2D eigenvalue weighted by Gasteiger charge is 2.41. The highest BCUT2D eigenvalue weighted by Crippen LogP contribution is 2.30. The van der Waals surface area contributed by atoms with Crippen molar-refractivity contribution in [1.29, 1.82) is 0 Å². The van der Waals surface area contributed by atoms with Crippen molar-refractivity contribution in [3.63, 3.8) is 0 Å². The first-order valence-electron chi connectivity index (χ1n) is 4.81. The molecule has 0 bridgehead atoms. The molecule has 1 saturated heterocycles. The maximum absolute atomic E-state index is 11.8. The van der Waals surface area contributed by atoms with Crippen molar-refractivity contribution in [1.82, 2.24) is 4.90 Å². The fourth-order valence-corrected chi connectivity index (χ4v) is 2.05. The average molecular weight is 168 g/mol. The third kappa shape index (κ3) is 1.12. The van der Waals surface area contributed by atoms with E-state index in [1.165, 1.54) is 0 Å². The monoisotopic (exact) mass is 168 g/mol. The predicted molar refractivity (Wildman–Crippen MR) is 46.6 cm³/mol. The van der Waals surface area contributed by atoms with E-state index < -0.39 is 5.54 Å². The fraction of sp³-hybridized carbons (Fsp3) is 0.889. The van der Waals surface area contributed by atoms with E-state index in [0.717, 1.165) is 45.2 Å². The average Bonchev–Trinajstić information content (AvgIpc) is 2.33. The molecular formula is C9H16N2O. The van der Waals surface area contributed by atoms with Crippen LogP contribution in [0.2, 0.25) is 0 Å². The predicted octanol–water partition coefficient (Wildman–Crippen LogP) is 0.490. The molecule has 0 atom stereocenters. The number of likely N-dealkylation sites (tertiary alicyclic amines) is 1. The second-order valence-corrected chi connectivity index (χ2v) is 4.01. The van der Waals surface area contributed by atoms with E-state index in [9.17, 15) is 4.79 Å². The Hall–Kier alpha value is -0.570. The maximum Gasteiger partial charge on any atom is 0.242 e. The van der Waals surface area contributed by atoms with Gasteiger partial charge in [-0.3, -0.25) is 4.79 Å². The molecule has 3 heteroatoms. The van der Waals surface area contributed by atoms with Crippen molar-refractivity contribution in [2.45, 2.75) is 37.6 Å². The minimum Gasteiger partial charge on any atom is -0.341 e. The molecule has 1 amide bonds. The Balaban J connectivity index is 2.01. The molecule has 0 unspecified atom stereocenters. The highest BCUT2D eigenvalue weighted by molar-refractivity contribution is 5.87. The maximum atomic E-state index is 11.8. The van der Waals surface area contributed by atoms with Crippen LogP contribution in [0.1, 0.15) is 32.1 Å². The van der Waals surface area contributed by atoms with Gasteiger partial charge in [0.1, 0.15) is 0 Å². The van der Waals surface area contributed by atoms with Gasteiger partial charge < -0.3 is 10.6 Å². The van der Waals surface area contributed by atoms with Crippen LogP contribution < -0.4 is 5.73 Å². The summed E-state index contributed by atoms with van der Waals surface area (Å²) in [6.07, 6.45) is 5.18. The lowest BCUT2D eigenvalue weighted by Crippen LogP contribution is -2.57. The zero-order valence-electron chi connectivity index (χ0n) is 7.38. The van der Waals surface area contributed by atoms with E-state index >= 15 is 0 Å². The highest BCUT2D eigenvalue weighted by atomic mass is 16.2.